The van der Waals surface area contributed by atoms with Gasteiger partial charge in [-0.25, -0.2) is 0 Å². The van der Waals surface area contributed by atoms with Crippen LogP contribution in [0, 0.1) is 0 Å². The molecule has 1 aliphatic heterocycles. The molecule has 2 rings (SSSR count). The number of ether oxygens (including phenoxy) is 1. The van der Waals surface area contributed by atoms with Crippen molar-refractivity contribution in [1.29, 1.82) is 0 Å². The highest BCUT2D eigenvalue weighted by Crippen LogP contribution is 2.32. The molecular formula is C16H26N2O. The Bertz CT molecular complexity index is 394. The van der Waals surface area contributed by atoms with Gasteiger partial charge in [0, 0.05) is 37.2 Å². The number of fused-ring (bicyclic) bond motifs is 1. The van der Waals surface area contributed by atoms with E-state index in [4.69, 9.17) is 4.74 Å². The van der Waals surface area contributed by atoms with Crippen molar-refractivity contribution in [3.8, 4) is 5.75 Å². The molecule has 106 valence electrons. The Morgan fingerprint density at radius 2 is 2.21 bits per heavy atom. The fourth-order valence-electron chi connectivity index (χ4n) is 2.46. The Balaban J connectivity index is 1.70. The third kappa shape index (κ3) is 3.71. The molecule has 0 saturated heterocycles. The normalized spacial score (nSPS) is 19.3. The van der Waals surface area contributed by atoms with Gasteiger partial charge in [0.15, 0.2) is 0 Å². The molecule has 1 aromatic carbocycles. The standard InChI is InChI=1S/C16H26N2O/c1-4-13(2)18(3)10-9-17-11-14-12-19-16-8-6-5-7-15(14)16/h5-8,13-14,17H,4,9-12H2,1-3H3. The number of hydrogen-bond donors (Lipinski definition) is 1. The quantitative estimate of drug-likeness (QED) is 0.764. The average Bonchev–Trinajstić information content (AvgIpc) is 2.86. The molecule has 0 radical (unpaired) electrons. The zero-order valence-corrected chi connectivity index (χ0v) is 12.4. The summed E-state index contributed by atoms with van der Waals surface area (Å²) in [5.41, 5.74) is 1.35. The van der Waals surface area contributed by atoms with Gasteiger partial charge < -0.3 is 15.0 Å². The van der Waals surface area contributed by atoms with Gasteiger partial charge in [0.2, 0.25) is 0 Å². The molecule has 0 saturated carbocycles. The van der Waals surface area contributed by atoms with E-state index >= 15 is 0 Å². The van der Waals surface area contributed by atoms with Crippen molar-refractivity contribution in [3.05, 3.63) is 29.8 Å². The summed E-state index contributed by atoms with van der Waals surface area (Å²) in [6.07, 6.45) is 1.21. The highest BCUT2D eigenvalue weighted by molar-refractivity contribution is 5.39. The maximum atomic E-state index is 5.69. The van der Waals surface area contributed by atoms with Gasteiger partial charge in [-0.2, -0.15) is 0 Å². The fourth-order valence-corrected chi connectivity index (χ4v) is 2.46. The first kappa shape index (κ1) is 14.4. The van der Waals surface area contributed by atoms with Crippen LogP contribution in [0.5, 0.6) is 5.75 Å². The monoisotopic (exact) mass is 262 g/mol. The molecule has 0 aromatic heterocycles. The van der Waals surface area contributed by atoms with E-state index in [0.29, 0.717) is 12.0 Å². The summed E-state index contributed by atoms with van der Waals surface area (Å²) < 4.78 is 5.69. The highest BCUT2D eigenvalue weighted by atomic mass is 16.5. The van der Waals surface area contributed by atoms with Gasteiger partial charge in [-0.05, 0) is 26.5 Å². The molecule has 1 aromatic rings. The Morgan fingerprint density at radius 1 is 1.42 bits per heavy atom. The predicted molar refractivity (Wildman–Crippen MR) is 79.9 cm³/mol. The first-order chi connectivity index (χ1) is 9.22. The Morgan fingerprint density at radius 3 is 3.00 bits per heavy atom. The zero-order valence-electron chi connectivity index (χ0n) is 12.4. The average molecular weight is 262 g/mol. The Labute approximate surface area is 116 Å². The van der Waals surface area contributed by atoms with Gasteiger partial charge in [0.25, 0.3) is 0 Å². The molecule has 1 aliphatic rings. The lowest BCUT2D eigenvalue weighted by atomic mass is 10.0. The van der Waals surface area contributed by atoms with Crippen molar-refractivity contribution < 1.29 is 4.74 Å². The zero-order chi connectivity index (χ0) is 13.7. The largest absolute Gasteiger partial charge is 0.493 e. The topological polar surface area (TPSA) is 24.5 Å². The van der Waals surface area contributed by atoms with E-state index in [1.165, 1.54) is 12.0 Å². The molecule has 3 heteroatoms. The molecule has 2 atom stereocenters. The van der Waals surface area contributed by atoms with Crippen LogP contribution in [0.2, 0.25) is 0 Å². The van der Waals surface area contributed by atoms with E-state index in [0.717, 1.165) is 32.0 Å². The van der Waals surface area contributed by atoms with E-state index in [1.54, 1.807) is 0 Å². The van der Waals surface area contributed by atoms with Gasteiger partial charge in [-0.3, -0.25) is 0 Å². The molecule has 0 spiro atoms. The Hall–Kier alpha value is -1.06. The van der Waals surface area contributed by atoms with E-state index in [9.17, 15) is 0 Å². The van der Waals surface area contributed by atoms with Crippen LogP contribution in [0.15, 0.2) is 24.3 Å². The predicted octanol–water partition coefficient (Wildman–Crippen LogP) is 2.48. The summed E-state index contributed by atoms with van der Waals surface area (Å²) in [7, 11) is 2.20. The van der Waals surface area contributed by atoms with E-state index in [2.05, 4.69) is 49.3 Å². The van der Waals surface area contributed by atoms with Crippen LogP contribution in [0.4, 0.5) is 0 Å². The third-order valence-electron chi connectivity index (χ3n) is 4.17. The summed E-state index contributed by atoms with van der Waals surface area (Å²) >= 11 is 0. The van der Waals surface area contributed by atoms with E-state index in [1.807, 2.05) is 6.07 Å². The van der Waals surface area contributed by atoms with Crippen LogP contribution in [0.1, 0.15) is 31.7 Å². The number of nitrogens with zero attached hydrogens (tertiary/aromatic N) is 1. The third-order valence-corrected chi connectivity index (χ3v) is 4.17. The van der Waals surface area contributed by atoms with E-state index < -0.39 is 0 Å². The van der Waals surface area contributed by atoms with Crippen molar-refractivity contribution >= 4 is 0 Å². The summed E-state index contributed by atoms with van der Waals surface area (Å²) in [6, 6.07) is 9.04. The second-order valence-corrected chi connectivity index (χ2v) is 5.49. The van der Waals surface area contributed by atoms with Gasteiger partial charge in [-0.1, -0.05) is 25.1 Å². The second kappa shape index (κ2) is 6.92. The van der Waals surface area contributed by atoms with Crippen LogP contribution < -0.4 is 10.1 Å². The first-order valence-electron chi connectivity index (χ1n) is 7.35. The summed E-state index contributed by atoms with van der Waals surface area (Å²) in [5, 5.41) is 3.56. The van der Waals surface area contributed by atoms with Crippen molar-refractivity contribution in [3.63, 3.8) is 0 Å². The summed E-state index contributed by atoms with van der Waals surface area (Å²) in [5.74, 6) is 1.57. The molecule has 0 bridgehead atoms. The van der Waals surface area contributed by atoms with Gasteiger partial charge >= 0.3 is 0 Å². The number of nitrogens with one attached hydrogen (secondary N) is 1. The maximum absolute atomic E-state index is 5.69. The number of likely N-dealkylation sites (N-methyl/N-ethyl adjacent to an activating group) is 1. The molecule has 19 heavy (non-hydrogen) atoms. The van der Waals surface area contributed by atoms with Crippen molar-refractivity contribution in [1.82, 2.24) is 10.2 Å². The van der Waals surface area contributed by atoms with Crippen LogP contribution in [0.25, 0.3) is 0 Å². The number of para-hydroxylation sites is 1. The van der Waals surface area contributed by atoms with Crippen LogP contribution >= 0.6 is 0 Å². The second-order valence-electron chi connectivity index (χ2n) is 5.49. The lowest BCUT2D eigenvalue weighted by Crippen LogP contribution is -2.36. The lowest BCUT2D eigenvalue weighted by molar-refractivity contribution is 0.250. The molecule has 0 aliphatic carbocycles. The molecule has 1 heterocycles. The summed E-state index contributed by atoms with van der Waals surface area (Å²) in [4.78, 5) is 2.41. The van der Waals surface area contributed by atoms with Gasteiger partial charge in [0.1, 0.15) is 5.75 Å². The molecule has 3 nitrogen and oxygen atoms in total. The number of benzene rings is 1. The number of rotatable bonds is 7. The van der Waals surface area contributed by atoms with Crippen molar-refractivity contribution in [2.75, 3.05) is 33.3 Å². The minimum atomic E-state index is 0.505. The van der Waals surface area contributed by atoms with Crippen LogP contribution in [0.3, 0.4) is 0 Å². The van der Waals surface area contributed by atoms with Gasteiger partial charge in [0.05, 0.1) is 6.61 Å². The lowest BCUT2D eigenvalue weighted by Gasteiger charge is -2.23. The molecule has 0 amide bonds. The van der Waals surface area contributed by atoms with Crippen molar-refractivity contribution in [2.45, 2.75) is 32.2 Å². The highest BCUT2D eigenvalue weighted by Gasteiger charge is 2.22. The minimum Gasteiger partial charge on any atom is -0.493 e. The number of hydrogen-bond acceptors (Lipinski definition) is 3. The first-order valence-corrected chi connectivity index (χ1v) is 7.35. The SMILES string of the molecule is CCC(C)N(C)CCNCC1COc2ccccc21. The fraction of sp³-hybridized carbons (Fsp3) is 0.625. The smallest absolute Gasteiger partial charge is 0.122 e. The van der Waals surface area contributed by atoms with Crippen LogP contribution in [-0.2, 0) is 0 Å². The van der Waals surface area contributed by atoms with E-state index in [-0.39, 0.29) is 0 Å². The van der Waals surface area contributed by atoms with Crippen LogP contribution in [-0.4, -0.2) is 44.2 Å². The minimum absolute atomic E-state index is 0.505. The Kier molecular flexibility index (Phi) is 5.23. The maximum Gasteiger partial charge on any atom is 0.122 e. The van der Waals surface area contributed by atoms with Gasteiger partial charge in [-0.15, -0.1) is 0 Å². The summed E-state index contributed by atoms with van der Waals surface area (Å²) in [6.45, 7) is 8.48. The molecular weight excluding hydrogens is 236 g/mol. The molecule has 0 fully saturated rings. The molecule has 2 unspecified atom stereocenters. The van der Waals surface area contributed by atoms with Crippen molar-refractivity contribution in [2.24, 2.45) is 0 Å². The molecule has 1 N–H and O–H groups in total.